The average molecular weight is 556 g/mol. The van der Waals surface area contributed by atoms with Crippen LogP contribution in [0.15, 0.2) is 30.3 Å². The Kier molecular flexibility index (Phi) is 9.74. The van der Waals surface area contributed by atoms with E-state index in [9.17, 15) is 24.3 Å². The van der Waals surface area contributed by atoms with Crippen molar-refractivity contribution in [2.24, 2.45) is 17.3 Å². The van der Waals surface area contributed by atoms with E-state index in [-0.39, 0.29) is 30.4 Å². The molecule has 0 aromatic heterocycles. The SMILES string of the molecule is CC(C)(C)C(NC(=O)C(NC(=O)OCc1ccccc1)C1CCCCC1)C(=O)N1C(C(=O)O)CC2CCCCC21. The molecular formula is C31H45N3O6. The number of ether oxygens (including phenoxy) is 1. The van der Waals surface area contributed by atoms with Crippen LogP contribution in [0.5, 0.6) is 0 Å². The van der Waals surface area contributed by atoms with Crippen molar-refractivity contribution in [2.45, 2.75) is 116 Å². The molecule has 0 spiro atoms. The molecule has 2 aliphatic carbocycles. The van der Waals surface area contributed by atoms with Crippen molar-refractivity contribution in [3.63, 3.8) is 0 Å². The summed E-state index contributed by atoms with van der Waals surface area (Å²) in [5.41, 5.74) is 0.169. The standard InChI is InChI=1S/C31H45N3O6/c1-31(2,3)26(28(36)34-23-17-11-10-16-22(23)18-24(34)29(37)38)33-27(35)25(21-14-8-5-9-15-21)32-30(39)40-19-20-12-6-4-7-13-20/h4,6-7,12-13,21-26H,5,8-11,14-19H2,1-3H3,(H,32,39)(H,33,35)(H,37,38). The van der Waals surface area contributed by atoms with E-state index in [2.05, 4.69) is 10.6 Å². The fourth-order valence-electron chi connectivity index (χ4n) is 6.78. The molecule has 4 rings (SSSR count). The van der Waals surface area contributed by atoms with E-state index >= 15 is 0 Å². The van der Waals surface area contributed by atoms with Crippen LogP contribution in [-0.2, 0) is 25.7 Å². The van der Waals surface area contributed by atoms with Gasteiger partial charge in [-0.1, -0.05) is 83.2 Å². The monoisotopic (exact) mass is 555 g/mol. The van der Waals surface area contributed by atoms with Crippen LogP contribution >= 0.6 is 0 Å². The second kappa shape index (κ2) is 13.0. The average Bonchev–Trinajstić information content (AvgIpc) is 3.34. The number of aliphatic carboxylic acids is 1. The van der Waals surface area contributed by atoms with Gasteiger partial charge in [0.15, 0.2) is 0 Å². The smallest absolute Gasteiger partial charge is 0.408 e. The first kappa shape index (κ1) is 29.9. The van der Waals surface area contributed by atoms with E-state index in [0.717, 1.165) is 63.4 Å². The molecule has 2 saturated carbocycles. The van der Waals surface area contributed by atoms with Crippen molar-refractivity contribution >= 4 is 23.9 Å². The molecule has 1 aliphatic heterocycles. The summed E-state index contributed by atoms with van der Waals surface area (Å²) in [5.74, 6) is -1.68. The number of hydrogen-bond donors (Lipinski definition) is 3. The number of carboxylic acid groups (broad SMARTS) is 1. The Morgan fingerprint density at radius 2 is 1.60 bits per heavy atom. The Morgan fingerprint density at radius 1 is 0.950 bits per heavy atom. The number of nitrogens with one attached hydrogen (secondary N) is 2. The van der Waals surface area contributed by atoms with Gasteiger partial charge in [-0.3, -0.25) is 9.59 Å². The number of carbonyl (C=O) groups excluding carboxylic acids is 3. The number of nitrogens with zero attached hydrogens (tertiary/aromatic N) is 1. The van der Waals surface area contributed by atoms with Gasteiger partial charge in [-0.05, 0) is 54.9 Å². The fraction of sp³-hybridized carbons (Fsp3) is 0.677. The van der Waals surface area contributed by atoms with E-state index in [1.807, 2.05) is 51.1 Å². The van der Waals surface area contributed by atoms with Crippen molar-refractivity contribution in [3.05, 3.63) is 35.9 Å². The number of hydrogen-bond acceptors (Lipinski definition) is 5. The zero-order chi connectivity index (χ0) is 28.9. The Hall–Kier alpha value is -3.10. The van der Waals surface area contributed by atoms with E-state index in [0.29, 0.717) is 6.42 Å². The van der Waals surface area contributed by atoms with Gasteiger partial charge in [0.2, 0.25) is 11.8 Å². The predicted octanol–water partition coefficient (Wildman–Crippen LogP) is 4.64. The highest BCUT2D eigenvalue weighted by atomic mass is 16.5. The number of carbonyl (C=O) groups is 4. The zero-order valence-corrected chi connectivity index (χ0v) is 24.1. The molecular weight excluding hydrogens is 510 g/mol. The summed E-state index contributed by atoms with van der Waals surface area (Å²) >= 11 is 0. The summed E-state index contributed by atoms with van der Waals surface area (Å²) in [4.78, 5) is 54.6. The number of amides is 3. The molecule has 9 nitrogen and oxygen atoms in total. The van der Waals surface area contributed by atoms with Gasteiger partial charge >= 0.3 is 12.1 Å². The molecule has 0 radical (unpaired) electrons. The lowest BCUT2D eigenvalue weighted by molar-refractivity contribution is -0.153. The van der Waals surface area contributed by atoms with Crippen molar-refractivity contribution in [1.29, 1.82) is 0 Å². The van der Waals surface area contributed by atoms with Crippen molar-refractivity contribution < 1.29 is 29.0 Å². The highest BCUT2D eigenvalue weighted by Crippen LogP contribution is 2.41. The summed E-state index contributed by atoms with van der Waals surface area (Å²) in [7, 11) is 0. The molecule has 3 amide bonds. The molecule has 3 N–H and O–H groups in total. The van der Waals surface area contributed by atoms with Crippen molar-refractivity contribution in [2.75, 3.05) is 0 Å². The summed E-state index contributed by atoms with van der Waals surface area (Å²) in [6.45, 7) is 5.70. The molecule has 5 unspecified atom stereocenters. The van der Waals surface area contributed by atoms with Gasteiger partial charge in [0, 0.05) is 6.04 Å². The lowest BCUT2D eigenvalue weighted by Crippen LogP contribution is -2.62. The van der Waals surface area contributed by atoms with Crippen LogP contribution < -0.4 is 10.6 Å². The lowest BCUT2D eigenvalue weighted by atomic mass is 9.81. The molecule has 1 aromatic rings. The first-order chi connectivity index (χ1) is 19.1. The maximum atomic E-state index is 14.1. The summed E-state index contributed by atoms with van der Waals surface area (Å²) in [6.07, 6.45) is 8.09. The molecule has 40 heavy (non-hydrogen) atoms. The van der Waals surface area contributed by atoms with Gasteiger partial charge in [0.25, 0.3) is 0 Å². The lowest BCUT2D eigenvalue weighted by Gasteiger charge is -2.40. The molecule has 0 bridgehead atoms. The Morgan fingerprint density at radius 3 is 2.25 bits per heavy atom. The number of carboxylic acids is 1. The third-order valence-electron chi connectivity index (χ3n) is 8.92. The summed E-state index contributed by atoms with van der Waals surface area (Å²) in [5, 5.41) is 15.8. The minimum Gasteiger partial charge on any atom is -0.480 e. The molecule has 3 fully saturated rings. The molecule has 1 saturated heterocycles. The van der Waals surface area contributed by atoms with Crippen LogP contribution in [0.3, 0.4) is 0 Å². The van der Waals surface area contributed by atoms with Gasteiger partial charge in [-0.15, -0.1) is 0 Å². The first-order valence-electron chi connectivity index (χ1n) is 14.9. The Balaban J connectivity index is 1.51. The molecule has 220 valence electrons. The van der Waals surface area contributed by atoms with E-state index in [1.54, 1.807) is 4.90 Å². The summed E-state index contributed by atoms with van der Waals surface area (Å²) < 4.78 is 5.43. The van der Waals surface area contributed by atoms with Crippen LogP contribution in [-0.4, -0.2) is 58.1 Å². The van der Waals surface area contributed by atoms with Gasteiger partial charge in [0.1, 0.15) is 24.7 Å². The number of benzene rings is 1. The molecule has 1 aromatic carbocycles. The van der Waals surface area contributed by atoms with Crippen molar-refractivity contribution in [3.8, 4) is 0 Å². The van der Waals surface area contributed by atoms with E-state index in [4.69, 9.17) is 4.74 Å². The Bertz CT molecular complexity index is 1050. The highest BCUT2D eigenvalue weighted by Gasteiger charge is 2.51. The topological polar surface area (TPSA) is 125 Å². The van der Waals surface area contributed by atoms with E-state index < -0.39 is 41.5 Å². The minimum atomic E-state index is -0.996. The highest BCUT2D eigenvalue weighted by molar-refractivity contribution is 5.94. The van der Waals surface area contributed by atoms with Crippen LogP contribution in [0, 0.1) is 17.3 Å². The third kappa shape index (κ3) is 7.15. The second-order valence-electron chi connectivity index (χ2n) is 12.8. The van der Waals surface area contributed by atoms with Crippen molar-refractivity contribution in [1.82, 2.24) is 15.5 Å². The number of rotatable bonds is 8. The van der Waals surface area contributed by atoms with E-state index in [1.165, 1.54) is 0 Å². The van der Waals surface area contributed by atoms with Gasteiger partial charge in [-0.2, -0.15) is 0 Å². The van der Waals surface area contributed by atoms with Gasteiger partial charge in [-0.25, -0.2) is 9.59 Å². The zero-order valence-electron chi connectivity index (χ0n) is 24.1. The normalized spacial score (nSPS) is 24.9. The maximum Gasteiger partial charge on any atom is 0.408 e. The van der Waals surface area contributed by atoms with Crippen LogP contribution in [0.2, 0.25) is 0 Å². The quantitative estimate of drug-likeness (QED) is 0.429. The third-order valence-corrected chi connectivity index (χ3v) is 8.92. The predicted molar refractivity (Wildman–Crippen MR) is 150 cm³/mol. The first-order valence-corrected chi connectivity index (χ1v) is 14.9. The summed E-state index contributed by atoms with van der Waals surface area (Å²) in [6, 6.07) is 6.54. The largest absolute Gasteiger partial charge is 0.480 e. The molecule has 3 aliphatic rings. The molecule has 1 heterocycles. The van der Waals surface area contributed by atoms with Gasteiger partial charge < -0.3 is 25.4 Å². The Labute approximate surface area is 237 Å². The van der Waals surface area contributed by atoms with Gasteiger partial charge in [0.05, 0.1) is 0 Å². The number of fused-ring (bicyclic) bond motifs is 1. The number of likely N-dealkylation sites (tertiary alicyclic amines) is 1. The molecule has 5 atom stereocenters. The second-order valence-corrected chi connectivity index (χ2v) is 12.8. The number of alkyl carbamates (subject to hydrolysis) is 1. The van der Waals surface area contributed by atoms with Crippen LogP contribution in [0.4, 0.5) is 4.79 Å². The molecule has 9 heteroatoms. The van der Waals surface area contributed by atoms with Crippen LogP contribution in [0.25, 0.3) is 0 Å². The fourth-order valence-corrected chi connectivity index (χ4v) is 6.78. The minimum absolute atomic E-state index is 0.0741. The maximum absolute atomic E-state index is 14.1. The van der Waals surface area contributed by atoms with Crippen LogP contribution in [0.1, 0.15) is 90.5 Å².